The van der Waals surface area contributed by atoms with Crippen LogP contribution in [0.1, 0.15) is 31.1 Å². The van der Waals surface area contributed by atoms with Gasteiger partial charge >= 0.3 is 0 Å². The third kappa shape index (κ3) is 5.39. The van der Waals surface area contributed by atoms with E-state index in [0.717, 1.165) is 21.9 Å². The predicted octanol–water partition coefficient (Wildman–Crippen LogP) is 5.36. The lowest BCUT2D eigenvalue weighted by Gasteiger charge is -2.13. The lowest BCUT2D eigenvalue weighted by atomic mass is 9.99. The second kappa shape index (κ2) is 7.88. The molecule has 0 aromatic heterocycles. The molecule has 2 aromatic carbocycles. The second-order valence-electron chi connectivity index (χ2n) is 5.62. The van der Waals surface area contributed by atoms with Crippen LogP contribution < -0.4 is 0 Å². The highest BCUT2D eigenvalue weighted by atomic mass is 35.5. The maximum atomic E-state index is 10.3. The second-order valence-corrected chi connectivity index (χ2v) is 7.15. The molecule has 3 heteroatoms. The molecule has 0 fully saturated rings. The Hall–Kier alpha value is -0.960. The molecule has 0 aliphatic carbocycles. The number of thioether (sulfide) groups is 1. The van der Waals surface area contributed by atoms with Crippen LogP contribution in [0.4, 0.5) is 0 Å². The molecule has 21 heavy (non-hydrogen) atoms. The summed E-state index contributed by atoms with van der Waals surface area (Å²) in [5.74, 6) is 1.27. The summed E-state index contributed by atoms with van der Waals surface area (Å²) >= 11 is 7.51. The molecule has 1 nitrogen and oxygen atoms in total. The maximum absolute atomic E-state index is 10.3. The molecule has 112 valence electrons. The maximum Gasteiger partial charge on any atom is 0.0884 e. The number of rotatable bonds is 6. The largest absolute Gasteiger partial charge is 0.388 e. The Balaban J connectivity index is 1.96. The molecule has 0 saturated carbocycles. The third-order valence-electron chi connectivity index (χ3n) is 3.20. The van der Waals surface area contributed by atoms with E-state index >= 15 is 0 Å². The fourth-order valence-corrected chi connectivity index (χ4v) is 3.20. The van der Waals surface area contributed by atoms with E-state index in [9.17, 15) is 5.11 Å². The first-order valence-electron chi connectivity index (χ1n) is 7.20. The highest BCUT2D eigenvalue weighted by Crippen LogP contribution is 2.26. The molecule has 0 heterocycles. The molecule has 0 radical (unpaired) electrons. The Morgan fingerprint density at radius 3 is 2.48 bits per heavy atom. The molecule has 1 atom stereocenters. The summed E-state index contributed by atoms with van der Waals surface area (Å²) in [4.78, 5) is 1.12. The van der Waals surface area contributed by atoms with Gasteiger partial charge in [-0.1, -0.05) is 49.7 Å². The van der Waals surface area contributed by atoms with Gasteiger partial charge in [-0.2, -0.15) is 0 Å². The van der Waals surface area contributed by atoms with E-state index in [1.807, 2.05) is 36.4 Å². The van der Waals surface area contributed by atoms with Crippen LogP contribution in [0.25, 0.3) is 0 Å². The van der Waals surface area contributed by atoms with Crippen molar-refractivity contribution < 1.29 is 5.11 Å². The summed E-state index contributed by atoms with van der Waals surface area (Å²) in [6.45, 7) is 4.42. The summed E-state index contributed by atoms with van der Waals surface area (Å²) in [5, 5.41) is 11.1. The zero-order chi connectivity index (χ0) is 15.2. The van der Waals surface area contributed by atoms with Crippen LogP contribution >= 0.6 is 23.4 Å². The van der Waals surface area contributed by atoms with Crippen LogP contribution in [0.3, 0.4) is 0 Å². The molecule has 2 aromatic rings. The Morgan fingerprint density at radius 2 is 1.81 bits per heavy atom. The van der Waals surface area contributed by atoms with E-state index in [2.05, 4.69) is 26.0 Å². The van der Waals surface area contributed by atoms with Crippen molar-refractivity contribution in [2.75, 3.05) is 5.75 Å². The molecule has 0 amide bonds. The molecular formula is C18H21ClOS. The van der Waals surface area contributed by atoms with E-state index in [1.165, 1.54) is 5.56 Å². The van der Waals surface area contributed by atoms with Crippen LogP contribution in [0.5, 0.6) is 0 Å². The quantitative estimate of drug-likeness (QED) is 0.723. The minimum Gasteiger partial charge on any atom is -0.388 e. The molecule has 0 spiro atoms. The van der Waals surface area contributed by atoms with Crippen molar-refractivity contribution in [3.63, 3.8) is 0 Å². The van der Waals surface area contributed by atoms with E-state index in [0.29, 0.717) is 11.7 Å². The first kappa shape index (κ1) is 16.4. The van der Waals surface area contributed by atoms with Gasteiger partial charge in [-0.25, -0.2) is 0 Å². The van der Waals surface area contributed by atoms with Gasteiger partial charge in [0.15, 0.2) is 0 Å². The van der Waals surface area contributed by atoms with E-state index in [-0.39, 0.29) is 0 Å². The average molecular weight is 321 g/mol. The highest BCUT2D eigenvalue weighted by molar-refractivity contribution is 7.99. The Morgan fingerprint density at radius 1 is 1.10 bits per heavy atom. The van der Waals surface area contributed by atoms with Gasteiger partial charge in [-0.05, 0) is 47.7 Å². The van der Waals surface area contributed by atoms with Gasteiger partial charge in [-0.15, -0.1) is 11.8 Å². The van der Waals surface area contributed by atoms with Gasteiger partial charge in [0.05, 0.1) is 6.10 Å². The number of halogens is 1. The molecule has 1 N–H and O–H groups in total. The Labute approximate surface area is 136 Å². The molecule has 1 unspecified atom stereocenters. The summed E-state index contributed by atoms with van der Waals surface area (Å²) < 4.78 is 0. The van der Waals surface area contributed by atoms with Crippen molar-refractivity contribution in [3.8, 4) is 0 Å². The number of hydrogen-bond donors (Lipinski definition) is 1. The standard InChI is InChI=1S/C18H21ClOS/c1-13(2)10-14-4-3-5-15(11-14)18(20)12-21-17-8-6-16(19)7-9-17/h3-9,11,13,18,20H,10,12H2,1-2H3. The van der Waals surface area contributed by atoms with Gasteiger partial charge in [-0.3, -0.25) is 0 Å². The fourth-order valence-electron chi connectivity index (χ4n) is 2.20. The van der Waals surface area contributed by atoms with Crippen LogP contribution in [0.15, 0.2) is 53.4 Å². The van der Waals surface area contributed by atoms with E-state index < -0.39 is 6.10 Å². The first-order chi connectivity index (χ1) is 10.0. The molecule has 0 aliphatic heterocycles. The minimum absolute atomic E-state index is 0.446. The van der Waals surface area contributed by atoms with Gasteiger partial charge in [0.2, 0.25) is 0 Å². The van der Waals surface area contributed by atoms with Crippen LogP contribution in [-0.4, -0.2) is 10.9 Å². The summed E-state index contributed by atoms with van der Waals surface area (Å²) in [7, 11) is 0. The van der Waals surface area contributed by atoms with Crippen molar-refractivity contribution in [2.24, 2.45) is 5.92 Å². The smallest absolute Gasteiger partial charge is 0.0884 e. The van der Waals surface area contributed by atoms with Crippen molar-refractivity contribution in [1.29, 1.82) is 0 Å². The third-order valence-corrected chi connectivity index (χ3v) is 4.54. The van der Waals surface area contributed by atoms with E-state index in [4.69, 9.17) is 11.6 Å². The predicted molar refractivity (Wildman–Crippen MR) is 92.1 cm³/mol. The van der Waals surface area contributed by atoms with Crippen molar-refractivity contribution in [3.05, 3.63) is 64.7 Å². The lowest BCUT2D eigenvalue weighted by molar-refractivity contribution is 0.204. The van der Waals surface area contributed by atoms with Crippen molar-refractivity contribution >= 4 is 23.4 Å². The fraction of sp³-hybridized carbons (Fsp3) is 0.333. The van der Waals surface area contributed by atoms with Crippen molar-refractivity contribution in [1.82, 2.24) is 0 Å². The topological polar surface area (TPSA) is 20.2 Å². The van der Waals surface area contributed by atoms with E-state index in [1.54, 1.807) is 11.8 Å². The number of aliphatic hydroxyl groups is 1. The highest BCUT2D eigenvalue weighted by Gasteiger charge is 2.09. The molecule has 0 bridgehead atoms. The monoisotopic (exact) mass is 320 g/mol. The first-order valence-corrected chi connectivity index (χ1v) is 8.56. The Kier molecular flexibility index (Phi) is 6.16. The van der Waals surface area contributed by atoms with Gasteiger partial charge in [0, 0.05) is 15.7 Å². The van der Waals surface area contributed by atoms with Crippen LogP contribution in [0.2, 0.25) is 5.02 Å². The molecule has 0 saturated heterocycles. The SMILES string of the molecule is CC(C)Cc1cccc(C(O)CSc2ccc(Cl)cc2)c1. The molecule has 2 rings (SSSR count). The summed E-state index contributed by atoms with van der Waals surface area (Å²) in [6, 6.07) is 16.0. The molecule has 0 aliphatic rings. The van der Waals surface area contributed by atoms with Gasteiger partial charge < -0.3 is 5.11 Å². The average Bonchev–Trinajstić information content (AvgIpc) is 2.46. The normalized spacial score (nSPS) is 12.6. The minimum atomic E-state index is -0.446. The van der Waals surface area contributed by atoms with Crippen LogP contribution in [0, 0.1) is 5.92 Å². The van der Waals surface area contributed by atoms with Crippen LogP contribution in [-0.2, 0) is 6.42 Å². The lowest BCUT2D eigenvalue weighted by Crippen LogP contribution is -2.02. The summed E-state index contributed by atoms with van der Waals surface area (Å²) in [6.07, 6.45) is 0.600. The Bertz CT molecular complexity index is 566. The van der Waals surface area contributed by atoms with Gasteiger partial charge in [0.1, 0.15) is 0 Å². The molecular weight excluding hydrogens is 300 g/mol. The number of benzene rings is 2. The summed E-state index contributed by atoms with van der Waals surface area (Å²) in [5.41, 5.74) is 2.28. The van der Waals surface area contributed by atoms with Crippen molar-refractivity contribution in [2.45, 2.75) is 31.3 Å². The van der Waals surface area contributed by atoms with Gasteiger partial charge in [0.25, 0.3) is 0 Å². The number of hydrogen-bond acceptors (Lipinski definition) is 2. The number of aliphatic hydroxyl groups excluding tert-OH is 1. The zero-order valence-corrected chi connectivity index (χ0v) is 14.0. The zero-order valence-electron chi connectivity index (χ0n) is 12.4.